The average molecular weight is 422 g/mol. The Bertz CT molecular complexity index is 974. The van der Waals surface area contributed by atoms with Crippen molar-refractivity contribution in [2.24, 2.45) is 0 Å². The van der Waals surface area contributed by atoms with Gasteiger partial charge in [0, 0.05) is 38.3 Å². The van der Waals surface area contributed by atoms with Crippen molar-refractivity contribution in [2.45, 2.75) is 31.4 Å². The number of hydrogen-bond acceptors (Lipinski definition) is 5. The highest BCUT2D eigenvalue weighted by Crippen LogP contribution is 2.31. The number of likely N-dealkylation sites (tertiary alicyclic amines) is 2. The predicted octanol–water partition coefficient (Wildman–Crippen LogP) is 2.29. The third-order valence-corrected chi connectivity index (χ3v) is 6.28. The van der Waals surface area contributed by atoms with E-state index in [-0.39, 0.29) is 30.7 Å². The topological polar surface area (TPSA) is 84.0 Å². The monoisotopic (exact) mass is 422 g/mol. The predicted molar refractivity (Wildman–Crippen MR) is 113 cm³/mol. The molecule has 2 aromatic rings. The Balaban J connectivity index is 1.14. The lowest BCUT2D eigenvalue weighted by atomic mass is 9.91. The summed E-state index contributed by atoms with van der Waals surface area (Å²) in [5, 5.41) is 2.95. The van der Waals surface area contributed by atoms with Crippen LogP contribution in [0.3, 0.4) is 0 Å². The number of morpholine rings is 1. The minimum atomic E-state index is -0.106. The van der Waals surface area contributed by atoms with Crippen molar-refractivity contribution in [3.8, 4) is 11.5 Å². The van der Waals surface area contributed by atoms with Gasteiger partial charge in [0.15, 0.2) is 0 Å². The van der Waals surface area contributed by atoms with Crippen molar-refractivity contribution in [1.82, 2.24) is 20.1 Å². The van der Waals surface area contributed by atoms with Gasteiger partial charge in [0.2, 0.25) is 5.91 Å². The maximum absolute atomic E-state index is 12.9. The number of fused-ring (bicyclic) bond motifs is 1. The van der Waals surface area contributed by atoms with Crippen molar-refractivity contribution >= 4 is 11.9 Å². The van der Waals surface area contributed by atoms with Crippen molar-refractivity contribution in [3.05, 3.63) is 53.9 Å². The van der Waals surface area contributed by atoms with E-state index in [0.29, 0.717) is 32.1 Å². The van der Waals surface area contributed by atoms with Gasteiger partial charge in [-0.3, -0.25) is 9.78 Å². The van der Waals surface area contributed by atoms with E-state index in [4.69, 9.17) is 9.47 Å². The molecule has 2 atom stereocenters. The van der Waals surface area contributed by atoms with Crippen LogP contribution < -0.4 is 10.1 Å². The number of hydrogen-bond donors (Lipinski definition) is 1. The lowest BCUT2D eigenvalue weighted by Gasteiger charge is -2.46. The van der Waals surface area contributed by atoms with E-state index in [0.717, 1.165) is 23.6 Å². The molecule has 0 radical (unpaired) electrons. The van der Waals surface area contributed by atoms with E-state index in [9.17, 15) is 9.59 Å². The number of piperidine rings is 1. The highest BCUT2D eigenvalue weighted by Gasteiger charge is 2.40. The summed E-state index contributed by atoms with van der Waals surface area (Å²) >= 11 is 0. The number of carbonyl (C=O) groups excluding carboxylic acids is 2. The summed E-state index contributed by atoms with van der Waals surface area (Å²) in [5.41, 5.74) is 2.05. The second kappa shape index (κ2) is 8.19. The third-order valence-electron chi connectivity index (χ3n) is 6.28. The number of ether oxygens (including phenoxy) is 2. The second-order valence-corrected chi connectivity index (χ2v) is 8.40. The number of urea groups is 1. The van der Waals surface area contributed by atoms with Gasteiger partial charge in [-0.2, -0.15) is 0 Å². The molecule has 0 spiro atoms. The summed E-state index contributed by atoms with van der Waals surface area (Å²) in [7, 11) is 0. The molecule has 0 aliphatic carbocycles. The molecule has 1 N–H and O–H groups in total. The molecule has 31 heavy (non-hydrogen) atoms. The molecule has 4 heterocycles. The molecule has 3 fully saturated rings. The zero-order valence-electron chi connectivity index (χ0n) is 17.5. The molecular formula is C23H26N4O4. The summed E-state index contributed by atoms with van der Waals surface area (Å²) in [4.78, 5) is 32.4. The first kappa shape index (κ1) is 19.8. The van der Waals surface area contributed by atoms with E-state index in [1.54, 1.807) is 6.20 Å². The van der Waals surface area contributed by atoms with Gasteiger partial charge in [-0.05, 0) is 43.2 Å². The van der Waals surface area contributed by atoms with Gasteiger partial charge in [-0.25, -0.2) is 4.79 Å². The first-order valence-corrected chi connectivity index (χ1v) is 10.7. The summed E-state index contributed by atoms with van der Waals surface area (Å²) in [6, 6.07) is 11.7. The van der Waals surface area contributed by atoms with Crippen LogP contribution in [0.2, 0.25) is 0 Å². The molecule has 8 heteroatoms. The Hall–Kier alpha value is -3.13. The molecule has 162 valence electrons. The maximum atomic E-state index is 12.9. The number of amides is 3. The molecule has 3 aliphatic heterocycles. The van der Waals surface area contributed by atoms with Crippen LogP contribution in [-0.4, -0.2) is 71.7 Å². The Morgan fingerprint density at radius 3 is 2.74 bits per heavy atom. The lowest BCUT2D eigenvalue weighted by Crippen LogP contribution is -2.63. The minimum absolute atomic E-state index is 0.0158. The molecule has 8 nitrogen and oxygen atoms in total. The number of benzene rings is 1. The van der Waals surface area contributed by atoms with Crippen LogP contribution in [0.15, 0.2) is 42.6 Å². The number of aryl methyl sites for hydroxylation is 1. The molecule has 3 saturated heterocycles. The van der Waals surface area contributed by atoms with Gasteiger partial charge in [-0.15, -0.1) is 0 Å². The fraction of sp³-hybridized carbons (Fsp3) is 0.435. The van der Waals surface area contributed by atoms with Gasteiger partial charge in [0.25, 0.3) is 0 Å². The SMILES string of the molecule is Cc1ncccc1Oc1ccc(C2CN(C(=O)N3CC[C@@H]4OCC(=O)N[C@@H]4C3)C2)cc1. The van der Waals surface area contributed by atoms with Crippen LogP contribution in [0.4, 0.5) is 4.79 Å². The van der Waals surface area contributed by atoms with Gasteiger partial charge in [0.1, 0.15) is 18.1 Å². The van der Waals surface area contributed by atoms with E-state index in [1.807, 2.05) is 41.0 Å². The highest BCUT2D eigenvalue weighted by molar-refractivity contribution is 5.79. The summed E-state index contributed by atoms with van der Waals surface area (Å²) in [6.45, 7) is 4.62. The molecule has 5 rings (SSSR count). The molecule has 3 amide bonds. The van der Waals surface area contributed by atoms with Crippen LogP contribution in [0, 0.1) is 6.92 Å². The third kappa shape index (κ3) is 4.07. The Morgan fingerprint density at radius 2 is 1.97 bits per heavy atom. The maximum Gasteiger partial charge on any atom is 0.320 e. The number of carbonyl (C=O) groups is 2. The minimum Gasteiger partial charge on any atom is -0.455 e. The van der Waals surface area contributed by atoms with E-state index in [2.05, 4.69) is 22.4 Å². The Kier molecular flexibility index (Phi) is 5.23. The largest absolute Gasteiger partial charge is 0.455 e. The Labute approximate surface area is 181 Å². The molecule has 1 aromatic carbocycles. The summed E-state index contributed by atoms with van der Waals surface area (Å²) in [5.74, 6) is 1.74. The zero-order valence-corrected chi connectivity index (χ0v) is 17.5. The number of nitrogens with one attached hydrogen (secondary N) is 1. The zero-order chi connectivity index (χ0) is 21.4. The standard InChI is InChI=1S/C23H26N4O4/c1-15-20(3-2-9-24-15)31-18-6-4-16(5-7-18)17-11-27(12-17)23(29)26-10-8-21-19(13-26)25-22(28)14-30-21/h2-7,9,17,19,21H,8,10-14H2,1H3,(H,25,28)/t19-,21+/m1/s1. The van der Waals surface area contributed by atoms with Crippen LogP contribution in [0.1, 0.15) is 23.6 Å². The number of aromatic nitrogens is 1. The van der Waals surface area contributed by atoms with Gasteiger partial charge < -0.3 is 24.6 Å². The molecule has 1 aromatic heterocycles. The van der Waals surface area contributed by atoms with Crippen molar-refractivity contribution in [2.75, 3.05) is 32.8 Å². The highest BCUT2D eigenvalue weighted by atomic mass is 16.5. The van der Waals surface area contributed by atoms with Crippen LogP contribution in [-0.2, 0) is 9.53 Å². The first-order chi connectivity index (χ1) is 15.1. The first-order valence-electron chi connectivity index (χ1n) is 10.7. The van der Waals surface area contributed by atoms with Crippen molar-refractivity contribution < 1.29 is 19.1 Å². The molecular weight excluding hydrogens is 396 g/mol. The number of pyridine rings is 1. The van der Waals surface area contributed by atoms with E-state index >= 15 is 0 Å². The normalized spacial score (nSPS) is 23.6. The fourth-order valence-corrected chi connectivity index (χ4v) is 4.43. The van der Waals surface area contributed by atoms with Gasteiger partial charge >= 0.3 is 6.03 Å². The van der Waals surface area contributed by atoms with Crippen LogP contribution in [0.5, 0.6) is 11.5 Å². The van der Waals surface area contributed by atoms with E-state index < -0.39 is 0 Å². The Morgan fingerprint density at radius 1 is 1.16 bits per heavy atom. The van der Waals surface area contributed by atoms with Crippen molar-refractivity contribution in [1.29, 1.82) is 0 Å². The van der Waals surface area contributed by atoms with Crippen LogP contribution in [0.25, 0.3) is 0 Å². The molecule has 3 aliphatic rings. The van der Waals surface area contributed by atoms with Crippen LogP contribution >= 0.6 is 0 Å². The molecule has 0 unspecified atom stereocenters. The molecule has 0 saturated carbocycles. The summed E-state index contributed by atoms with van der Waals surface area (Å²) in [6.07, 6.45) is 2.52. The average Bonchev–Trinajstić information content (AvgIpc) is 2.75. The summed E-state index contributed by atoms with van der Waals surface area (Å²) < 4.78 is 11.5. The number of nitrogens with zero attached hydrogens (tertiary/aromatic N) is 3. The fourth-order valence-electron chi connectivity index (χ4n) is 4.43. The molecule has 0 bridgehead atoms. The smallest absolute Gasteiger partial charge is 0.320 e. The van der Waals surface area contributed by atoms with E-state index in [1.165, 1.54) is 5.56 Å². The quantitative estimate of drug-likeness (QED) is 0.821. The second-order valence-electron chi connectivity index (χ2n) is 8.40. The van der Waals surface area contributed by atoms with Crippen molar-refractivity contribution in [3.63, 3.8) is 0 Å². The van der Waals surface area contributed by atoms with Gasteiger partial charge in [-0.1, -0.05) is 12.1 Å². The van der Waals surface area contributed by atoms with Gasteiger partial charge in [0.05, 0.1) is 17.8 Å². The lowest BCUT2D eigenvalue weighted by molar-refractivity contribution is -0.139. The number of rotatable bonds is 3.